The van der Waals surface area contributed by atoms with Crippen LogP contribution in [0.15, 0.2) is 0 Å². The summed E-state index contributed by atoms with van der Waals surface area (Å²) in [6, 6.07) is 0. The molecule has 0 saturated carbocycles. The van der Waals surface area contributed by atoms with Crippen LogP contribution in [-0.4, -0.2) is 23.8 Å². The van der Waals surface area contributed by atoms with Crippen LogP contribution in [0.25, 0.3) is 0 Å². The van der Waals surface area contributed by atoms with Crippen LogP contribution in [0.5, 0.6) is 0 Å². The molecule has 0 heterocycles. The van der Waals surface area contributed by atoms with Gasteiger partial charge in [-0.2, -0.15) is 0 Å². The summed E-state index contributed by atoms with van der Waals surface area (Å²) in [6.07, 6.45) is 0. The van der Waals surface area contributed by atoms with Crippen LogP contribution in [-0.2, 0) is 0 Å². The molecule has 0 aliphatic rings. The molecule has 0 aromatic heterocycles. The molecule has 0 fully saturated rings. The Labute approximate surface area is 29.2 Å². The van der Waals surface area contributed by atoms with Crippen molar-refractivity contribution in [1.82, 2.24) is 0 Å². The first-order valence-electron chi connectivity index (χ1n) is 0.658. The van der Waals surface area contributed by atoms with Crippen LogP contribution in [0.1, 0.15) is 0 Å². The molecule has 26 valence electrons. The molecule has 0 rings (SSSR count). The second kappa shape index (κ2) is 1.73. The van der Waals surface area contributed by atoms with E-state index in [4.69, 9.17) is 8.19 Å². The van der Waals surface area contributed by atoms with E-state index in [2.05, 4.69) is 4.65 Å². The molecule has 0 spiro atoms. The van der Waals surface area contributed by atoms with Crippen molar-refractivity contribution in [2.75, 3.05) is 0 Å². The SMILES string of the molecule is N[As](O)O. The monoisotopic (exact) mass is 125 g/mol. The molecule has 0 saturated heterocycles. The fourth-order valence-corrected chi connectivity index (χ4v) is 0. The van der Waals surface area contributed by atoms with Gasteiger partial charge in [0.2, 0.25) is 0 Å². The van der Waals surface area contributed by atoms with Gasteiger partial charge >= 0.3 is 28.4 Å². The van der Waals surface area contributed by atoms with Crippen molar-refractivity contribution < 1.29 is 8.19 Å². The number of hydrogen-bond acceptors (Lipinski definition) is 3. The molecule has 0 amide bonds. The molecule has 0 aliphatic carbocycles. The molecule has 0 unspecified atom stereocenters. The zero-order chi connectivity index (χ0) is 3.58. The first-order chi connectivity index (χ1) is 1.73. The Balaban J connectivity index is 2.32. The van der Waals surface area contributed by atoms with Crippen LogP contribution in [0.4, 0.5) is 0 Å². The van der Waals surface area contributed by atoms with Crippen molar-refractivity contribution in [2.45, 2.75) is 0 Å². The van der Waals surface area contributed by atoms with E-state index in [1.165, 1.54) is 0 Å². The van der Waals surface area contributed by atoms with E-state index in [9.17, 15) is 0 Å². The van der Waals surface area contributed by atoms with Crippen LogP contribution < -0.4 is 4.65 Å². The van der Waals surface area contributed by atoms with Crippen molar-refractivity contribution in [3.8, 4) is 0 Å². The van der Waals surface area contributed by atoms with Crippen LogP contribution >= 0.6 is 0 Å². The summed E-state index contributed by atoms with van der Waals surface area (Å²) < 4.78 is 19.4. The van der Waals surface area contributed by atoms with Gasteiger partial charge in [0.1, 0.15) is 0 Å². The van der Waals surface area contributed by atoms with Crippen LogP contribution in [0.2, 0.25) is 0 Å². The van der Waals surface area contributed by atoms with Crippen LogP contribution in [0, 0.1) is 0 Å². The molecule has 0 atom stereocenters. The molecule has 4 heteroatoms. The second-order valence-electron chi connectivity index (χ2n) is 0.320. The number of hydrogen-bond donors (Lipinski definition) is 3. The summed E-state index contributed by atoms with van der Waals surface area (Å²) >= 11 is -2.69. The number of nitrogens with two attached hydrogens (primary N) is 1. The first kappa shape index (κ1) is 4.44. The quantitative estimate of drug-likeness (QED) is 0.325. The Morgan fingerprint density at radius 3 is 1.50 bits per heavy atom. The minimum absolute atomic E-state index is 2.69. The zero-order valence-electron chi connectivity index (χ0n) is 1.92. The Morgan fingerprint density at radius 2 is 1.50 bits per heavy atom. The molecule has 0 aliphatic heterocycles. The van der Waals surface area contributed by atoms with E-state index in [0.29, 0.717) is 0 Å². The van der Waals surface area contributed by atoms with Gasteiger partial charge < -0.3 is 0 Å². The van der Waals surface area contributed by atoms with E-state index in [-0.39, 0.29) is 0 Å². The van der Waals surface area contributed by atoms with Gasteiger partial charge in [0.15, 0.2) is 0 Å². The van der Waals surface area contributed by atoms with E-state index in [0.717, 1.165) is 0 Å². The molecule has 0 radical (unpaired) electrons. The molecule has 0 aromatic carbocycles. The summed E-state index contributed by atoms with van der Waals surface area (Å²) in [5.74, 6) is 0. The van der Waals surface area contributed by atoms with E-state index >= 15 is 0 Å². The fraction of sp³-hybridized carbons (Fsp3) is 0. The van der Waals surface area contributed by atoms with Gasteiger partial charge in [-0.1, -0.05) is 0 Å². The van der Waals surface area contributed by atoms with Gasteiger partial charge in [-0.05, 0) is 0 Å². The Bertz CT molecular complexity index is 10.8. The van der Waals surface area contributed by atoms with Gasteiger partial charge in [-0.25, -0.2) is 0 Å². The molecule has 4 N–H and O–H groups in total. The van der Waals surface area contributed by atoms with Gasteiger partial charge in [0.05, 0.1) is 0 Å². The molecule has 3 nitrogen and oxygen atoms in total. The molecular weight excluding hydrogens is 121 g/mol. The third-order valence-electron chi connectivity index (χ3n) is 0. The van der Waals surface area contributed by atoms with E-state index < -0.39 is 15.6 Å². The summed E-state index contributed by atoms with van der Waals surface area (Å²) in [7, 11) is 0. The Hall–Kier alpha value is 0.438. The van der Waals surface area contributed by atoms with Crippen molar-refractivity contribution in [1.29, 1.82) is 0 Å². The second-order valence-corrected chi connectivity index (χ2v) is 1.66. The average Bonchev–Trinajstić information content (AvgIpc) is 0.811. The molecule has 0 aromatic rings. The minimum atomic E-state index is -2.69. The van der Waals surface area contributed by atoms with E-state index in [1.54, 1.807) is 0 Å². The maximum absolute atomic E-state index is 7.53. The van der Waals surface area contributed by atoms with Gasteiger partial charge in [0, 0.05) is 0 Å². The summed E-state index contributed by atoms with van der Waals surface area (Å²) in [6.45, 7) is 0. The normalized spacial score (nSPS) is 9.00. The van der Waals surface area contributed by atoms with Crippen molar-refractivity contribution >= 4 is 15.6 Å². The Morgan fingerprint density at radius 1 is 1.50 bits per heavy atom. The van der Waals surface area contributed by atoms with Gasteiger partial charge in [-0.15, -0.1) is 0 Å². The Kier molecular flexibility index (Phi) is 1.92. The zero-order valence-corrected chi connectivity index (χ0v) is 3.80. The first-order valence-corrected chi connectivity index (χ1v) is 3.42. The summed E-state index contributed by atoms with van der Waals surface area (Å²) in [4.78, 5) is 0. The predicted octanol–water partition coefficient (Wildman–Crippen LogP) is -2.09. The van der Waals surface area contributed by atoms with E-state index in [1.807, 2.05) is 0 Å². The van der Waals surface area contributed by atoms with Crippen molar-refractivity contribution in [3.63, 3.8) is 0 Å². The van der Waals surface area contributed by atoms with Crippen LogP contribution in [0.3, 0.4) is 0 Å². The third kappa shape index (κ3) is 26.2. The van der Waals surface area contributed by atoms with Crippen molar-refractivity contribution in [2.24, 2.45) is 4.65 Å². The predicted molar refractivity (Wildman–Crippen MR) is 14.4 cm³/mol. The maximum atomic E-state index is 7.53. The fourth-order valence-electron chi connectivity index (χ4n) is 0. The summed E-state index contributed by atoms with van der Waals surface area (Å²) in [5, 5.41) is 0. The molecule has 0 bridgehead atoms. The third-order valence-corrected chi connectivity index (χ3v) is 0. The number of rotatable bonds is 0. The average molecular weight is 125 g/mol. The van der Waals surface area contributed by atoms with Gasteiger partial charge in [0.25, 0.3) is 0 Å². The summed E-state index contributed by atoms with van der Waals surface area (Å²) in [5.41, 5.74) is 0. The standard InChI is InChI=1S/AsH4NO2/c2-1(3)4/h3-4H,2H2. The van der Waals surface area contributed by atoms with Gasteiger partial charge in [-0.3, -0.25) is 0 Å². The molecule has 4 heavy (non-hydrogen) atoms. The molecular formula is H4AsNO2. The van der Waals surface area contributed by atoms with Crippen molar-refractivity contribution in [3.05, 3.63) is 0 Å². The topological polar surface area (TPSA) is 66.5 Å².